The first-order chi connectivity index (χ1) is 7.63. The van der Waals surface area contributed by atoms with Crippen LogP contribution in [0.5, 0.6) is 0 Å². The third-order valence-electron chi connectivity index (χ3n) is 2.69. The lowest BCUT2D eigenvalue weighted by atomic mass is 10.1. The van der Waals surface area contributed by atoms with E-state index in [9.17, 15) is 4.39 Å². The number of hydrogen-bond donors (Lipinski definition) is 1. The van der Waals surface area contributed by atoms with Crippen molar-refractivity contribution in [3.8, 4) is 0 Å². The van der Waals surface area contributed by atoms with Crippen molar-refractivity contribution in [3.63, 3.8) is 0 Å². The summed E-state index contributed by atoms with van der Waals surface area (Å²) in [5.74, 6) is 2.58. The van der Waals surface area contributed by atoms with E-state index in [0.29, 0.717) is 0 Å². The van der Waals surface area contributed by atoms with E-state index in [2.05, 4.69) is 13.8 Å². The summed E-state index contributed by atoms with van der Waals surface area (Å²) in [5, 5.41) is 0. The Morgan fingerprint density at radius 1 is 1.25 bits per heavy atom. The van der Waals surface area contributed by atoms with Crippen LogP contribution in [0.3, 0.4) is 0 Å². The van der Waals surface area contributed by atoms with Crippen LogP contribution in [-0.4, -0.2) is 11.5 Å². The molecule has 0 aliphatic carbocycles. The molecule has 0 aromatic heterocycles. The van der Waals surface area contributed by atoms with Gasteiger partial charge in [-0.25, -0.2) is 4.39 Å². The minimum atomic E-state index is -0.205. The van der Waals surface area contributed by atoms with Crippen molar-refractivity contribution in [2.75, 3.05) is 11.5 Å². The molecule has 1 rings (SSSR count). The molecule has 16 heavy (non-hydrogen) atoms. The van der Waals surface area contributed by atoms with Crippen LogP contribution in [0.25, 0.3) is 0 Å². The fourth-order valence-electron chi connectivity index (χ4n) is 1.32. The third kappa shape index (κ3) is 4.54. The van der Waals surface area contributed by atoms with Gasteiger partial charge in [0.15, 0.2) is 0 Å². The molecule has 2 atom stereocenters. The molecular weight excluding hydrogens is 221 g/mol. The standard InChI is InChI=1S/C13H20FNS/c1-3-10(2)8-16-9-13(15)11-4-6-12(14)7-5-11/h4-7,10,13H,3,8-9,15H2,1-2H3. The molecule has 0 fully saturated rings. The van der Waals surface area contributed by atoms with E-state index in [4.69, 9.17) is 5.73 Å². The Hall–Kier alpha value is -0.540. The Balaban J connectivity index is 2.35. The van der Waals surface area contributed by atoms with E-state index >= 15 is 0 Å². The Bertz CT molecular complexity index is 299. The Labute approximate surface area is 102 Å². The first-order valence-corrected chi connectivity index (χ1v) is 6.87. The van der Waals surface area contributed by atoms with Crippen molar-refractivity contribution in [1.29, 1.82) is 0 Å². The molecule has 0 heterocycles. The zero-order valence-electron chi connectivity index (χ0n) is 9.95. The van der Waals surface area contributed by atoms with Gasteiger partial charge in [-0.05, 0) is 29.4 Å². The van der Waals surface area contributed by atoms with Crippen molar-refractivity contribution < 1.29 is 4.39 Å². The predicted octanol–water partition coefficient (Wildman–Crippen LogP) is 3.60. The summed E-state index contributed by atoms with van der Waals surface area (Å²) in [5.41, 5.74) is 7.04. The lowest BCUT2D eigenvalue weighted by Gasteiger charge is -2.13. The summed E-state index contributed by atoms with van der Waals surface area (Å²) < 4.78 is 12.7. The average molecular weight is 241 g/mol. The highest BCUT2D eigenvalue weighted by Gasteiger charge is 2.07. The molecule has 0 amide bonds. The summed E-state index contributed by atoms with van der Waals surface area (Å²) >= 11 is 1.87. The first kappa shape index (κ1) is 13.5. The normalized spacial score (nSPS) is 14.8. The van der Waals surface area contributed by atoms with Gasteiger partial charge < -0.3 is 5.73 Å². The van der Waals surface area contributed by atoms with Gasteiger partial charge in [-0.1, -0.05) is 32.4 Å². The van der Waals surface area contributed by atoms with Gasteiger partial charge in [0.2, 0.25) is 0 Å². The molecule has 90 valence electrons. The number of thioether (sulfide) groups is 1. The van der Waals surface area contributed by atoms with Gasteiger partial charge in [0.25, 0.3) is 0 Å². The molecule has 0 saturated carbocycles. The molecule has 0 aliphatic heterocycles. The Morgan fingerprint density at radius 3 is 2.44 bits per heavy atom. The number of halogens is 1. The fourth-order valence-corrected chi connectivity index (χ4v) is 2.54. The van der Waals surface area contributed by atoms with Crippen LogP contribution in [0, 0.1) is 11.7 Å². The van der Waals surface area contributed by atoms with Gasteiger partial charge in [-0.3, -0.25) is 0 Å². The van der Waals surface area contributed by atoms with E-state index in [1.165, 1.54) is 18.6 Å². The fraction of sp³-hybridized carbons (Fsp3) is 0.538. The van der Waals surface area contributed by atoms with E-state index in [0.717, 1.165) is 23.0 Å². The molecule has 0 bridgehead atoms. The quantitative estimate of drug-likeness (QED) is 0.823. The third-order valence-corrected chi connectivity index (χ3v) is 4.09. The molecule has 1 aromatic rings. The topological polar surface area (TPSA) is 26.0 Å². The van der Waals surface area contributed by atoms with Crippen LogP contribution < -0.4 is 5.73 Å². The largest absolute Gasteiger partial charge is 0.323 e. The second-order valence-electron chi connectivity index (χ2n) is 4.21. The molecule has 2 N–H and O–H groups in total. The van der Waals surface area contributed by atoms with Crippen molar-refractivity contribution >= 4 is 11.8 Å². The number of benzene rings is 1. The molecule has 1 aromatic carbocycles. The zero-order valence-corrected chi connectivity index (χ0v) is 10.8. The Morgan fingerprint density at radius 2 is 1.88 bits per heavy atom. The molecule has 3 heteroatoms. The molecule has 0 saturated heterocycles. The monoisotopic (exact) mass is 241 g/mol. The van der Waals surface area contributed by atoms with Gasteiger partial charge in [0.1, 0.15) is 5.82 Å². The molecule has 0 radical (unpaired) electrons. The SMILES string of the molecule is CCC(C)CSCC(N)c1ccc(F)cc1. The lowest BCUT2D eigenvalue weighted by Crippen LogP contribution is -2.14. The predicted molar refractivity (Wildman–Crippen MR) is 70.1 cm³/mol. The van der Waals surface area contributed by atoms with Crippen LogP contribution in [-0.2, 0) is 0 Å². The van der Waals surface area contributed by atoms with Gasteiger partial charge in [-0.2, -0.15) is 11.8 Å². The Kier molecular flexibility index (Phi) is 5.85. The summed E-state index contributed by atoms with van der Waals surface area (Å²) in [6, 6.07) is 6.48. The minimum Gasteiger partial charge on any atom is -0.323 e. The highest BCUT2D eigenvalue weighted by atomic mass is 32.2. The molecule has 1 nitrogen and oxygen atoms in total. The maximum atomic E-state index is 12.7. The van der Waals surface area contributed by atoms with Gasteiger partial charge >= 0.3 is 0 Å². The maximum Gasteiger partial charge on any atom is 0.123 e. The van der Waals surface area contributed by atoms with Gasteiger partial charge in [0.05, 0.1) is 0 Å². The second kappa shape index (κ2) is 6.92. The first-order valence-electron chi connectivity index (χ1n) is 5.72. The van der Waals surface area contributed by atoms with Crippen molar-refractivity contribution in [2.45, 2.75) is 26.3 Å². The highest BCUT2D eigenvalue weighted by molar-refractivity contribution is 7.99. The van der Waals surface area contributed by atoms with E-state index < -0.39 is 0 Å². The molecule has 0 aliphatic rings. The lowest BCUT2D eigenvalue weighted by molar-refractivity contribution is 0.626. The summed E-state index contributed by atoms with van der Waals surface area (Å²) in [4.78, 5) is 0. The van der Waals surface area contributed by atoms with Crippen molar-refractivity contribution in [2.24, 2.45) is 11.7 Å². The molecule has 2 unspecified atom stereocenters. The van der Waals surface area contributed by atoms with E-state index in [1.54, 1.807) is 12.1 Å². The summed E-state index contributed by atoms with van der Waals surface area (Å²) in [7, 11) is 0. The van der Waals surface area contributed by atoms with Crippen molar-refractivity contribution in [3.05, 3.63) is 35.6 Å². The number of rotatable bonds is 6. The minimum absolute atomic E-state index is 0.00894. The van der Waals surface area contributed by atoms with E-state index in [-0.39, 0.29) is 11.9 Å². The van der Waals surface area contributed by atoms with E-state index in [1.807, 2.05) is 11.8 Å². The molecular formula is C13H20FNS. The highest BCUT2D eigenvalue weighted by Crippen LogP contribution is 2.19. The van der Waals surface area contributed by atoms with Crippen molar-refractivity contribution in [1.82, 2.24) is 0 Å². The zero-order chi connectivity index (χ0) is 12.0. The van der Waals surface area contributed by atoms with Crippen LogP contribution >= 0.6 is 11.8 Å². The molecule has 0 spiro atoms. The smallest absolute Gasteiger partial charge is 0.123 e. The second-order valence-corrected chi connectivity index (χ2v) is 5.28. The average Bonchev–Trinajstić information content (AvgIpc) is 2.29. The summed E-state index contributed by atoms with van der Waals surface area (Å²) in [6.45, 7) is 4.45. The van der Waals surface area contributed by atoms with Crippen LogP contribution in [0.4, 0.5) is 4.39 Å². The van der Waals surface area contributed by atoms with Gasteiger partial charge in [0, 0.05) is 11.8 Å². The number of hydrogen-bond acceptors (Lipinski definition) is 2. The van der Waals surface area contributed by atoms with Crippen LogP contribution in [0.2, 0.25) is 0 Å². The van der Waals surface area contributed by atoms with Crippen LogP contribution in [0.15, 0.2) is 24.3 Å². The summed E-state index contributed by atoms with van der Waals surface area (Å²) in [6.07, 6.45) is 1.21. The number of nitrogens with two attached hydrogens (primary N) is 1. The maximum absolute atomic E-state index is 12.7. The van der Waals surface area contributed by atoms with Crippen LogP contribution in [0.1, 0.15) is 31.9 Å². The van der Waals surface area contributed by atoms with Gasteiger partial charge in [-0.15, -0.1) is 0 Å².